The van der Waals surface area contributed by atoms with Crippen molar-refractivity contribution >= 4 is 18.3 Å². The molecular formula is C9H16ClF3N2O. The number of amides is 1. The van der Waals surface area contributed by atoms with E-state index in [9.17, 15) is 18.0 Å². The monoisotopic (exact) mass is 260 g/mol. The zero-order chi connectivity index (χ0) is 11.5. The van der Waals surface area contributed by atoms with Crippen LogP contribution < -0.4 is 5.32 Å². The molecule has 1 heterocycles. The summed E-state index contributed by atoms with van der Waals surface area (Å²) in [6.45, 7) is 2.92. The molecule has 1 unspecified atom stereocenters. The first-order valence-electron chi connectivity index (χ1n) is 5.05. The summed E-state index contributed by atoms with van der Waals surface area (Å²) < 4.78 is 36.7. The van der Waals surface area contributed by atoms with E-state index < -0.39 is 12.1 Å². The first kappa shape index (κ1) is 15.5. The third-order valence-electron chi connectivity index (χ3n) is 2.48. The van der Waals surface area contributed by atoms with Crippen molar-refractivity contribution in [3.05, 3.63) is 0 Å². The van der Waals surface area contributed by atoms with Crippen LogP contribution in [0.15, 0.2) is 0 Å². The Hall–Kier alpha value is -0.490. The molecule has 16 heavy (non-hydrogen) atoms. The van der Waals surface area contributed by atoms with Crippen molar-refractivity contribution in [2.75, 3.05) is 19.6 Å². The summed E-state index contributed by atoms with van der Waals surface area (Å²) in [5, 5.41) is 2.99. The molecule has 0 aromatic carbocycles. The molecule has 0 saturated carbocycles. The lowest BCUT2D eigenvalue weighted by molar-refractivity contribution is -0.188. The van der Waals surface area contributed by atoms with Gasteiger partial charge in [0.05, 0.1) is 0 Å². The van der Waals surface area contributed by atoms with E-state index in [1.54, 1.807) is 0 Å². The zero-order valence-corrected chi connectivity index (χ0v) is 9.83. The lowest BCUT2D eigenvalue weighted by atomic mass is 10.1. The van der Waals surface area contributed by atoms with Crippen LogP contribution >= 0.6 is 12.4 Å². The van der Waals surface area contributed by atoms with Crippen LogP contribution in [-0.4, -0.2) is 42.7 Å². The smallest absolute Gasteiger partial charge is 0.329 e. The molecule has 1 amide bonds. The maximum atomic E-state index is 12.2. The molecule has 1 aliphatic heterocycles. The van der Waals surface area contributed by atoms with E-state index in [-0.39, 0.29) is 25.0 Å². The Morgan fingerprint density at radius 3 is 2.62 bits per heavy atom. The van der Waals surface area contributed by atoms with Gasteiger partial charge in [0, 0.05) is 25.7 Å². The van der Waals surface area contributed by atoms with E-state index in [1.165, 1.54) is 0 Å². The number of piperazine rings is 1. The van der Waals surface area contributed by atoms with Gasteiger partial charge in [0.1, 0.15) is 0 Å². The molecule has 0 bridgehead atoms. The molecule has 1 N–H and O–H groups in total. The van der Waals surface area contributed by atoms with Crippen LogP contribution in [0.5, 0.6) is 0 Å². The van der Waals surface area contributed by atoms with Crippen LogP contribution in [0.1, 0.15) is 19.8 Å². The Kier molecular flexibility index (Phi) is 6.10. The van der Waals surface area contributed by atoms with Crippen molar-refractivity contribution in [1.29, 1.82) is 0 Å². The number of hydrogen-bond acceptors (Lipinski definition) is 2. The number of nitrogens with zero attached hydrogens (tertiary/aromatic N) is 1. The van der Waals surface area contributed by atoms with E-state index in [1.807, 2.05) is 6.92 Å². The van der Waals surface area contributed by atoms with E-state index in [0.717, 1.165) is 11.3 Å². The van der Waals surface area contributed by atoms with Crippen molar-refractivity contribution in [2.45, 2.75) is 32.0 Å². The molecule has 0 aromatic rings. The van der Waals surface area contributed by atoms with Gasteiger partial charge in [-0.1, -0.05) is 13.3 Å². The zero-order valence-electron chi connectivity index (χ0n) is 9.01. The summed E-state index contributed by atoms with van der Waals surface area (Å²) in [6, 6.07) is -0.321. The standard InChI is InChI=1S/C9H15F3N2O.ClH/c1-2-3-7-6-13-4-5-14(7)8(15)9(10,11)12;/h7,13H,2-6H2,1H3;1H. The molecule has 0 radical (unpaired) electrons. The van der Waals surface area contributed by atoms with E-state index >= 15 is 0 Å². The quantitative estimate of drug-likeness (QED) is 0.817. The van der Waals surface area contributed by atoms with Gasteiger partial charge in [0.15, 0.2) is 0 Å². The fourth-order valence-corrected chi connectivity index (χ4v) is 1.78. The predicted molar refractivity (Wildman–Crippen MR) is 56.6 cm³/mol. The summed E-state index contributed by atoms with van der Waals surface area (Å²) >= 11 is 0. The molecule has 0 spiro atoms. The maximum absolute atomic E-state index is 12.2. The molecule has 0 aromatic heterocycles. The van der Waals surface area contributed by atoms with Crippen molar-refractivity contribution < 1.29 is 18.0 Å². The third kappa shape index (κ3) is 3.83. The largest absolute Gasteiger partial charge is 0.471 e. The summed E-state index contributed by atoms with van der Waals surface area (Å²) in [4.78, 5) is 12.0. The fourth-order valence-electron chi connectivity index (χ4n) is 1.78. The molecule has 3 nitrogen and oxygen atoms in total. The van der Waals surface area contributed by atoms with Gasteiger partial charge in [0.2, 0.25) is 0 Å². The number of carbonyl (C=O) groups excluding carboxylic acids is 1. The number of rotatable bonds is 2. The van der Waals surface area contributed by atoms with Gasteiger partial charge in [-0.05, 0) is 6.42 Å². The van der Waals surface area contributed by atoms with Crippen molar-refractivity contribution in [3.8, 4) is 0 Å². The summed E-state index contributed by atoms with van der Waals surface area (Å²) in [5.41, 5.74) is 0. The maximum Gasteiger partial charge on any atom is 0.471 e. The van der Waals surface area contributed by atoms with E-state index in [2.05, 4.69) is 5.32 Å². The number of carbonyl (C=O) groups is 1. The Morgan fingerprint density at radius 2 is 2.12 bits per heavy atom. The van der Waals surface area contributed by atoms with Crippen LogP contribution in [-0.2, 0) is 4.79 Å². The van der Waals surface area contributed by atoms with Crippen LogP contribution in [0.4, 0.5) is 13.2 Å². The van der Waals surface area contributed by atoms with E-state index in [4.69, 9.17) is 0 Å². The minimum atomic E-state index is -4.75. The number of halogens is 4. The highest BCUT2D eigenvalue weighted by atomic mass is 35.5. The fraction of sp³-hybridized carbons (Fsp3) is 0.889. The number of alkyl halides is 3. The van der Waals surface area contributed by atoms with Gasteiger partial charge in [-0.25, -0.2) is 0 Å². The SMILES string of the molecule is CCCC1CNCCN1C(=O)C(F)(F)F.Cl. The van der Waals surface area contributed by atoms with Gasteiger partial charge < -0.3 is 10.2 Å². The topological polar surface area (TPSA) is 32.3 Å². The molecule has 1 rings (SSSR count). The first-order valence-corrected chi connectivity index (χ1v) is 5.05. The van der Waals surface area contributed by atoms with Gasteiger partial charge in [-0.3, -0.25) is 4.79 Å². The average molecular weight is 261 g/mol. The molecule has 1 atom stereocenters. The van der Waals surface area contributed by atoms with Crippen LogP contribution in [0, 0.1) is 0 Å². The lowest BCUT2D eigenvalue weighted by Gasteiger charge is -2.36. The van der Waals surface area contributed by atoms with Crippen LogP contribution in [0.25, 0.3) is 0 Å². The minimum Gasteiger partial charge on any atom is -0.329 e. The normalized spacial score (nSPS) is 21.5. The second-order valence-corrected chi connectivity index (χ2v) is 3.64. The lowest BCUT2D eigenvalue weighted by Crippen LogP contribution is -2.56. The molecule has 1 saturated heterocycles. The Labute approximate surface area is 98.8 Å². The Bertz CT molecular complexity index is 233. The van der Waals surface area contributed by atoms with Gasteiger partial charge >= 0.3 is 12.1 Å². The van der Waals surface area contributed by atoms with Gasteiger partial charge in [-0.15, -0.1) is 12.4 Å². The summed E-state index contributed by atoms with van der Waals surface area (Å²) in [7, 11) is 0. The van der Waals surface area contributed by atoms with Gasteiger partial charge in [0.25, 0.3) is 0 Å². The Morgan fingerprint density at radius 1 is 1.50 bits per heavy atom. The van der Waals surface area contributed by atoms with Crippen molar-refractivity contribution in [2.24, 2.45) is 0 Å². The molecule has 1 fully saturated rings. The minimum absolute atomic E-state index is 0. The van der Waals surface area contributed by atoms with Gasteiger partial charge in [-0.2, -0.15) is 13.2 Å². The third-order valence-corrected chi connectivity index (χ3v) is 2.48. The highest BCUT2D eigenvalue weighted by Gasteiger charge is 2.44. The number of hydrogen-bond donors (Lipinski definition) is 1. The Balaban J connectivity index is 0.00000225. The molecule has 7 heteroatoms. The molecular weight excluding hydrogens is 245 g/mol. The molecule has 0 aliphatic carbocycles. The second kappa shape index (κ2) is 6.30. The second-order valence-electron chi connectivity index (χ2n) is 3.64. The molecule has 96 valence electrons. The predicted octanol–water partition coefficient (Wildman–Crippen LogP) is 1.57. The van der Waals surface area contributed by atoms with Crippen molar-refractivity contribution in [3.63, 3.8) is 0 Å². The summed E-state index contributed by atoms with van der Waals surface area (Å²) in [6.07, 6.45) is -3.37. The van der Waals surface area contributed by atoms with Crippen LogP contribution in [0.3, 0.4) is 0 Å². The highest BCUT2D eigenvalue weighted by molar-refractivity contribution is 5.85. The average Bonchev–Trinajstić information content (AvgIpc) is 2.17. The summed E-state index contributed by atoms with van der Waals surface area (Å²) in [5.74, 6) is -1.71. The number of nitrogens with one attached hydrogen (secondary N) is 1. The first-order chi connectivity index (χ1) is 6.96. The highest BCUT2D eigenvalue weighted by Crippen LogP contribution is 2.21. The molecule has 1 aliphatic rings. The van der Waals surface area contributed by atoms with E-state index in [0.29, 0.717) is 19.5 Å². The van der Waals surface area contributed by atoms with Crippen molar-refractivity contribution in [1.82, 2.24) is 10.2 Å². The van der Waals surface area contributed by atoms with Crippen LogP contribution in [0.2, 0.25) is 0 Å².